The molecule has 0 atom stereocenters. The second-order valence-corrected chi connectivity index (χ2v) is 5.61. The molecule has 0 aliphatic rings. The van der Waals surface area contributed by atoms with Crippen molar-refractivity contribution in [3.8, 4) is 0 Å². The van der Waals surface area contributed by atoms with Crippen molar-refractivity contribution in [2.75, 3.05) is 6.54 Å². The Balaban J connectivity index is 4.30. The van der Waals surface area contributed by atoms with Crippen LogP contribution in [0.1, 0.15) is 41.0 Å². The first kappa shape index (κ1) is 14.4. The van der Waals surface area contributed by atoms with Gasteiger partial charge in [0, 0.05) is 17.4 Å². The highest BCUT2D eigenvalue weighted by atomic mass is 32.1. The van der Waals surface area contributed by atoms with Gasteiger partial charge in [-0.3, -0.25) is 4.79 Å². The van der Waals surface area contributed by atoms with Gasteiger partial charge in [0.2, 0.25) is 5.91 Å². The van der Waals surface area contributed by atoms with E-state index in [2.05, 4.69) is 5.32 Å². The number of rotatable bonds is 5. The number of amides is 1. The predicted octanol–water partition coefficient (Wildman–Crippen LogP) is 1.85. The number of carbonyl (C=O) groups excluding carboxylic acids is 1. The Hall–Kier alpha value is -0.640. The summed E-state index contributed by atoms with van der Waals surface area (Å²) in [6.45, 7) is 10.2. The van der Waals surface area contributed by atoms with Crippen molar-refractivity contribution in [2.45, 2.75) is 41.0 Å². The fourth-order valence-electron chi connectivity index (χ4n) is 0.788. The second-order valence-electron chi connectivity index (χ2n) is 5.17. The van der Waals surface area contributed by atoms with E-state index in [0.717, 1.165) is 6.42 Å². The maximum absolute atomic E-state index is 11.8. The zero-order valence-corrected chi connectivity index (χ0v) is 11.1. The van der Waals surface area contributed by atoms with E-state index in [0.29, 0.717) is 11.5 Å². The van der Waals surface area contributed by atoms with E-state index in [1.807, 2.05) is 34.6 Å². The minimum atomic E-state index is -0.327. The molecule has 4 heteroatoms. The Morgan fingerprint density at radius 2 is 1.73 bits per heavy atom. The Morgan fingerprint density at radius 1 is 1.27 bits per heavy atom. The van der Waals surface area contributed by atoms with Crippen LogP contribution in [-0.4, -0.2) is 17.4 Å². The lowest BCUT2D eigenvalue weighted by molar-refractivity contribution is -0.129. The normalized spacial score (nSPS) is 12.3. The summed E-state index contributed by atoms with van der Waals surface area (Å²) in [6.07, 6.45) is 0.812. The molecular weight excluding hydrogens is 208 g/mol. The Labute approximate surface area is 97.8 Å². The number of hydrogen-bond donors (Lipinski definition) is 2. The molecule has 0 aromatic carbocycles. The van der Waals surface area contributed by atoms with E-state index in [1.165, 1.54) is 0 Å². The van der Waals surface area contributed by atoms with Crippen molar-refractivity contribution in [3.63, 3.8) is 0 Å². The van der Waals surface area contributed by atoms with Crippen LogP contribution >= 0.6 is 12.2 Å². The maximum atomic E-state index is 11.8. The lowest BCUT2D eigenvalue weighted by Crippen LogP contribution is -2.45. The van der Waals surface area contributed by atoms with Crippen LogP contribution in [0.3, 0.4) is 0 Å². The molecule has 0 heterocycles. The molecule has 1 amide bonds. The SMILES string of the molecule is CCC(C)(C)C(=O)NCC(C)(C)C(N)=S. The molecule has 0 aliphatic carbocycles. The molecule has 3 nitrogen and oxygen atoms in total. The number of hydrogen-bond acceptors (Lipinski definition) is 2. The van der Waals surface area contributed by atoms with Gasteiger partial charge in [0.1, 0.15) is 0 Å². The highest BCUT2D eigenvalue weighted by molar-refractivity contribution is 7.80. The van der Waals surface area contributed by atoms with Crippen LogP contribution in [0, 0.1) is 10.8 Å². The first-order valence-corrected chi connectivity index (χ1v) is 5.62. The zero-order chi connectivity index (χ0) is 12.3. The van der Waals surface area contributed by atoms with Crippen LogP contribution < -0.4 is 11.1 Å². The summed E-state index contributed by atoms with van der Waals surface area (Å²) in [5, 5.41) is 2.89. The first-order valence-electron chi connectivity index (χ1n) is 5.21. The number of carbonyl (C=O) groups is 1. The maximum Gasteiger partial charge on any atom is 0.225 e. The van der Waals surface area contributed by atoms with Gasteiger partial charge in [0.15, 0.2) is 0 Å². The van der Waals surface area contributed by atoms with Crippen molar-refractivity contribution in [1.29, 1.82) is 0 Å². The van der Waals surface area contributed by atoms with Crippen molar-refractivity contribution in [2.24, 2.45) is 16.6 Å². The quantitative estimate of drug-likeness (QED) is 0.709. The van der Waals surface area contributed by atoms with Gasteiger partial charge in [-0.2, -0.15) is 0 Å². The van der Waals surface area contributed by atoms with Crippen LogP contribution in [0.25, 0.3) is 0 Å². The lowest BCUT2D eigenvalue weighted by Gasteiger charge is -2.27. The van der Waals surface area contributed by atoms with Gasteiger partial charge < -0.3 is 11.1 Å². The van der Waals surface area contributed by atoms with Crippen LogP contribution in [0.4, 0.5) is 0 Å². The molecule has 0 fully saturated rings. The van der Waals surface area contributed by atoms with E-state index in [4.69, 9.17) is 18.0 Å². The summed E-state index contributed by atoms with van der Waals surface area (Å²) in [6, 6.07) is 0. The van der Waals surface area contributed by atoms with Gasteiger partial charge in [-0.1, -0.05) is 46.8 Å². The summed E-state index contributed by atoms with van der Waals surface area (Å²) in [7, 11) is 0. The summed E-state index contributed by atoms with van der Waals surface area (Å²) in [5.41, 5.74) is 4.93. The number of nitrogens with two attached hydrogens (primary N) is 1. The number of thiocarbonyl (C=S) groups is 1. The van der Waals surface area contributed by atoms with Crippen molar-refractivity contribution in [3.05, 3.63) is 0 Å². The van der Waals surface area contributed by atoms with Crippen molar-refractivity contribution < 1.29 is 4.79 Å². The van der Waals surface area contributed by atoms with E-state index in [9.17, 15) is 4.79 Å². The van der Waals surface area contributed by atoms with Gasteiger partial charge in [-0.25, -0.2) is 0 Å². The molecular formula is C11H22N2OS. The Bertz CT molecular complexity index is 259. The van der Waals surface area contributed by atoms with Gasteiger partial charge in [-0.05, 0) is 6.42 Å². The second kappa shape index (κ2) is 4.92. The fourth-order valence-corrected chi connectivity index (χ4v) is 0.860. The summed E-state index contributed by atoms with van der Waals surface area (Å²) in [4.78, 5) is 12.2. The molecule has 0 bridgehead atoms. The molecule has 0 unspecified atom stereocenters. The average Bonchev–Trinajstić information content (AvgIpc) is 2.13. The van der Waals surface area contributed by atoms with E-state index < -0.39 is 0 Å². The third-order valence-electron chi connectivity index (χ3n) is 2.86. The van der Waals surface area contributed by atoms with Gasteiger partial charge in [0.05, 0.1) is 4.99 Å². The van der Waals surface area contributed by atoms with E-state index >= 15 is 0 Å². The molecule has 0 spiro atoms. The van der Waals surface area contributed by atoms with Crippen LogP contribution in [0.15, 0.2) is 0 Å². The number of nitrogens with one attached hydrogen (secondary N) is 1. The van der Waals surface area contributed by atoms with Gasteiger partial charge in [0.25, 0.3) is 0 Å². The minimum absolute atomic E-state index is 0.0503. The highest BCUT2D eigenvalue weighted by Gasteiger charge is 2.28. The fraction of sp³-hybridized carbons (Fsp3) is 0.818. The first-order chi connectivity index (χ1) is 6.63. The van der Waals surface area contributed by atoms with E-state index in [1.54, 1.807) is 0 Å². The molecule has 0 aromatic heterocycles. The topological polar surface area (TPSA) is 55.1 Å². The molecule has 0 radical (unpaired) electrons. The highest BCUT2D eigenvalue weighted by Crippen LogP contribution is 2.20. The molecule has 88 valence electrons. The molecule has 0 saturated carbocycles. The third kappa shape index (κ3) is 4.16. The predicted molar refractivity (Wildman–Crippen MR) is 67.6 cm³/mol. The standard InChI is InChI=1S/C11H22N2OS/c1-6-10(2,3)9(14)13-7-11(4,5)8(12)15/h6-7H2,1-5H3,(H2,12,15)(H,13,14). The van der Waals surface area contributed by atoms with E-state index in [-0.39, 0.29) is 16.7 Å². The lowest BCUT2D eigenvalue weighted by atomic mass is 9.88. The molecule has 0 rings (SSSR count). The van der Waals surface area contributed by atoms with Crippen LogP contribution in [0.5, 0.6) is 0 Å². The monoisotopic (exact) mass is 230 g/mol. The average molecular weight is 230 g/mol. The minimum Gasteiger partial charge on any atom is -0.393 e. The largest absolute Gasteiger partial charge is 0.393 e. The summed E-state index contributed by atoms with van der Waals surface area (Å²) >= 11 is 4.93. The summed E-state index contributed by atoms with van der Waals surface area (Å²) < 4.78 is 0. The van der Waals surface area contributed by atoms with Crippen LogP contribution in [-0.2, 0) is 4.79 Å². The van der Waals surface area contributed by atoms with Gasteiger partial charge >= 0.3 is 0 Å². The van der Waals surface area contributed by atoms with Crippen LogP contribution in [0.2, 0.25) is 0 Å². The summed E-state index contributed by atoms with van der Waals surface area (Å²) in [5.74, 6) is 0.0503. The van der Waals surface area contributed by atoms with Crippen molar-refractivity contribution in [1.82, 2.24) is 5.32 Å². The molecule has 3 N–H and O–H groups in total. The molecule has 0 aliphatic heterocycles. The zero-order valence-electron chi connectivity index (χ0n) is 10.3. The van der Waals surface area contributed by atoms with Gasteiger partial charge in [-0.15, -0.1) is 0 Å². The molecule has 0 aromatic rings. The van der Waals surface area contributed by atoms with Crippen molar-refractivity contribution >= 4 is 23.1 Å². The Kier molecular flexibility index (Phi) is 4.71. The molecule has 0 saturated heterocycles. The third-order valence-corrected chi connectivity index (χ3v) is 3.41. The Morgan fingerprint density at radius 3 is 2.07 bits per heavy atom. The smallest absolute Gasteiger partial charge is 0.225 e. The molecule has 15 heavy (non-hydrogen) atoms.